The van der Waals surface area contributed by atoms with E-state index in [1.165, 1.54) is 19.1 Å². The van der Waals surface area contributed by atoms with Gasteiger partial charge >= 0.3 is 5.97 Å². The number of amides is 1. The number of esters is 1. The van der Waals surface area contributed by atoms with Gasteiger partial charge in [-0.15, -0.1) is 0 Å². The lowest BCUT2D eigenvalue weighted by molar-refractivity contribution is -0.384. The van der Waals surface area contributed by atoms with Crippen molar-refractivity contribution in [1.82, 2.24) is 4.90 Å². The molecule has 1 fully saturated rings. The molecule has 0 aliphatic carbocycles. The second-order valence-electron chi connectivity index (χ2n) is 5.36. The number of nitro groups is 1. The molecule has 7 nitrogen and oxygen atoms in total. The summed E-state index contributed by atoms with van der Waals surface area (Å²) in [5.74, 6) is -1.04. The van der Waals surface area contributed by atoms with Crippen molar-refractivity contribution in [3.05, 3.63) is 38.9 Å². The topological polar surface area (TPSA) is 89.7 Å². The minimum absolute atomic E-state index is 0.0144. The summed E-state index contributed by atoms with van der Waals surface area (Å²) in [6, 6.07) is 3.63. The van der Waals surface area contributed by atoms with Gasteiger partial charge in [-0.2, -0.15) is 0 Å². The fraction of sp³-hybridized carbons (Fsp3) is 0.467. The number of carbonyl (C=O) groups is 2. The van der Waals surface area contributed by atoms with Gasteiger partial charge in [0.2, 0.25) is 0 Å². The van der Waals surface area contributed by atoms with Crippen LogP contribution < -0.4 is 0 Å². The van der Waals surface area contributed by atoms with Gasteiger partial charge in [0.25, 0.3) is 11.6 Å². The summed E-state index contributed by atoms with van der Waals surface area (Å²) in [5.41, 5.74) is -0.393. The third kappa shape index (κ3) is 4.19. The summed E-state index contributed by atoms with van der Waals surface area (Å²) in [6.07, 6.45) is 2.04. The van der Waals surface area contributed by atoms with Crippen LogP contribution in [-0.2, 0) is 9.53 Å². The lowest BCUT2D eigenvalue weighted by Crippen LogP contribution is -2.42. The monoisotopic (exact) mass is 340 g/mol. The van der Waals surface area contributed by atoms with E-state index in [4.69, 9.17) is 16.3 Å². The molecule has 1 saturated heterocycles. The third-order valence-corrected chi connectivity index (χ3v) is 4.00. The molecular weight excluding hydrogens is 324 g/mol. The van der Waals surface area contributed by atoms with Crippen LogP contribution in [-0.4, -0.2) is 40.9 Å². The average Bonchev–Trinajstić information content (AvgIpc) is 2.54. The first-order valence-corrected chi connectivity index (χ1v) is 7.71. The van der Waals surface area contributed by atoms with Crippen molar-refractivity contribution in [3.63, 3.8) is 0 Å². The second kappa shape index (κ2) is 7.41. The van der Waals surface area contributed by atoms with Crippen LogP contribution in [0.4, 0.5) is 5.69 Å². The number of hydrogen-bond donors (Lipinski definition) is 0. The first-order chi connectivity index (χ1) is 10.9. The molecule has 0 aromatic heterocycles. The molecule has 1 heterocycles. The smallest absolute Gasteiger partial charge is 0.339 e. The number of rotatable bonds is 4. The molecule has 2 rings (SSSR count). The molecule has 0 saturated carbocycles. The highest BCUT2D eigenvalue weighted by Gasteiger charge is 2.26. The third-order valence-electron chi connectivity index (χ3n) is 3.68. The molecule has 0 N–H and O–H groups in total. The van der Waals surface area contributed by atoms with Gasteiger partial charge in [0.1, 0.15) is 5.02 Å². The van der Waals surface area contributed by atoms with Crippen LogP contribution in [0.2, 0.25) is 5.02 Å². The molecule has 0 radical (unpaired) electrons. The van der Waals surface area contributed by atoms with E-state index in [1.54, 1.807) is 4.90 Å². The Morgan fingerprint density at radius 3 is 2.57 bits per heavy atom. The van der Waals surface area contributed by atoms with Crippen molar-refractivity contribution in [2.45, 2.75) is 32.3 Å². The van der Waals surface area contributed by atoms with Crippen LogP contribution in [0, 0.1) is 10.1 Å². The Kier molecular flexibility index (Phi) is 5.54. The summed E-state index contributed by atoms with van der Waals surface area (Å²) < 4.78 is 5.13. The number of hydrogen-bond acceptors (Lipinski definition) is 5. The second-order valence-corrected chi connectivity index (χ2v) is 5.76. The van der Waals surface area contributed by atoms with Crippen LogP contribution in [0.1, 0.15) is 36.5 Å². The van der Waals surface area contributed by atoms with Crippen LogP contribution in [0.5, 0.6) is 0 Å². The zero-order valence-electron chi connectivity index (χ0n) is 12.7. The van der Waals surface area contributed by atoms with E-state index in [-0.39, 0.29) is 22.2 Å². The molecule has 8 heteroatoms. The Morgan fingerprint density at radius 2 is 1.96 bits per heavy atom. The maximum atomic E-state index is 12.2. The van der Waals surface area contributed by atoms with Gasteiger partial charge in [0, 0.05) is 19.2 Å². The normalized spacial score (nSPS) is 15.8. The summed E-state index contributed by atoms with van der Waals surface area (Å²) in [6.45, 7) is 2.82. The van der Waals surface area contributed by atoms with Crippen molar-refractivity contribution in [3.8, 4) is 0 Å². The standard InChI is InChI=1S/C15H17ClN2O5/c1-10(14(19)17-7-3-2-4-8-17)23-15(20)11-5-6-12(16)13(9-11)18(21)22/h5-6,9-10H,2-4,7-8H2,1H3/t10-/m1/s1. The molecule has 1 aromatic carbocycles. The maximum absolute atomic E-state index is 12.2. The fourth-order valence-corrected chi connectivity index (χ4v) is 2.62. The van der Waals surface area contributed by atoms with E-state index in [0.717, 1.165) is 25.3 Å². The van der Waals surface area contributed by atoms with Crippen molar-refractivity contribution >= 4 is 29.2 Å². The SMILES string of the molecule is C[C@@H](OC(=O)c1ccc(Cl)c([N+](=O)[O-])c1)C(=O)N1CCCCC1. The number of halogens is 1. The summed E-state index contributed by atoms with van der Waals surface area (Å²) >= 11 is 5.70. The highest BCUT2D eigenvalue weighted by Crippen LogP contribution is 2.25. The van der Waals surface area contributed by atoms with E-state index < -0.39 is 17.0 Å². The van der Waals surface area contributed by atoms with Gasteiger partial charge in [-0.25, -0.2) is 4.79 Å². The van der Waals surface area contributed by atoms with E-state index in [9.17, 15) is 19.7 Å². The zero-order chi connectivity index (χ0) is 17.0. The molecule has 0 unspecified atom stereocenters. The fourth-order valence-electron chi connectivity index (χ4n) is 2.43. The Morgan fingerprint density at radius 1 is 1.30 bits per heavy atom. The minimum Gasteiger partial charge on any atom is -0.449 e. The van der Waals surface area contributed by atoms with Crippen molar-refractivity contribution in [2.24, 2.45) is 0 Å². The Labute approximate surface area is 138 Å². The minimum atomic E-state index is -0.935. The lowest BCUT2D eigenvalue weighted by atomic mass is 10.1. The first kappa shape index (κ1) is 17.2. The number of nitrogens with zero attached hydrogens (tertiary/aromatic N) is 2. The number of piperidine rings is 1. The molecular formula is C15H17ClN2O5. The van der Waals surface area contributed by atoms with Crippen LogP contribution in [0.15, 0.2) is 18.2 Å². The molecule has 1 aromatic rings. The predicted molar refractivity (Wildman–Crippen MR) is 83.4 cm³/mol. The van der Waals surface area contributed by atoms with Gasteiger partial charge in [-0.3, -0.25) is 14.9 Å². The maximum Gasteiger partial charge on any atom is 0.339 e. The van der Waals surface area contributed by atoms with Gasteiger partial charge < -0.3 is 9.64 Å². The predicted octanol–water partition coefficient (Wildman–Crippen LogP) is 2.81. The number of benzene rings is 1. The molecule has 1 aliphatic heterocycles. The average molecular weight is 341 g/mol. The Bertz CT molecular complexity index is 628. The van der Waals surface area contributed by atoms with Crippen LogP contribution in [0.3, 0.4) is 0 Å². The van der Waals surface area contributed by atoms with Gasteiger partial charge in [-0.1, -0.05) is 11.6 Å². The molecule has 1 amide bonds. The molecule has 1 atom stereocenters. The van der Waals surface area contributed by atoms with Gasteiger partial charge in [-0.05, 0) is 38.3 Å². The molecule has 0 spiro atoms. The highest BCUT2D eigenvalue weighted by atomic mass is 35.5. The summed E-state index contributed by atoms with van der Waals surface area (Å²) in [7, 11) is 0. The van der Waals surface area contributed by atoms with E-state index in [1.807, 2.05) is 0 Å². The highest BCUT2D eigenvalue weighted by molar-refractivity contribution is 6.32. The van der Waals surface area contributed by atoms with Crippen molar-refractivity contribution in [1.29, 1.82) is 0 Å². The number of ether oxygens (including phenoxy) is 1. The van der Waals surface area contributed by atoms with Crippen LogP contribution in [0.25, 0.3) is 0 Å². The number of carbonyl (C=O) groups excluding carboxylic acids is 2. The van der Waals surface area contributed by atoms with Gasteiger partial charge in [0.15, 0.2) is 6.10 Å². The Hall–Kier alpha value is -2.15. The number of likely N-dealkylation sites (tertiary alicyclic amines) is 1. The van der Waals surface area contributed by atoms with E-state index in [0.29, 0.717) is 13.1 Å². The number of nitro benzene ring substituents is 1. The Balaban J connectivity index is 2.04. The summed E-state index contributed by atoms with van der Waals surface area (Å²) in [4.78, 5) is 36.1. The van der Waals surface area contributed by atoms with E-state index in [2.05, 4.69) is 0 Å². The molecule has 23 heavy (non-hydrogen) atoms. The van der Waals surface area contributed by atoms with Crippen molar-refractivity contribution < 1.29 is 19.2 Å². The largest absolute Gasteiger partial charge is 0.449 e. The summed E-state index contributed by atoms with van der Waals surface area (Å²) in [5, 5.41) is 10.8. The van der Waals surface area contributed by atoms with Crippen LogP contribution >= 0.6 is 11.6 Å². The zero-order valence-corrected chi connectivity index (χ0v) is 13.4. The first-order valence-electron chi connectivity index (χ1n) is 7.34. The van der Waals surface area contributed by atoms with E-state index >= 15 is 0 Å². The molecule has 0 bridgehead atoms. The van der Waals surface area contributed by atoms with Crippen molar-refractivity contribution in [2.75, 3.05) is 13.1 Å². The van der Waals surface area contributed by atoms with Gasteiger partial charge in [0.05, 0.1) is 10.5 Å². The molecule has 1 aliphatic rings. The quantitative estimate of drug-likeness (QED) is 0.477. The molecule has 124 valence electrons. The lowest BCUT2D eigenvalue weighted by Gasteiger charge is -2.28.